The van der Waals surface area contributed by atoms with Crippen LogP contribution in [0, 0.1) is 0 Å². The van der Waals surface area contributed by atoms with Gasteiger partial charge in [0.15, 0.2) is 0 Å². The molecule has 1 aliphatic heterocycles. The van der Waals surface area contributed by atoms with Crippen molar-refractivity contribution in [1.82, 2.24) is 10.2 Å². The first-order valence-corrected chi connectivity index (χ1v) is 4.53. The lowest BCUT2D eigenvalue weighted by atomic mass is 10.3. The third kappa shape index (κ3) is 2.79. The van der Waals surface area contributed by atoms with Crippen molar-refractivity contribution in [1.29, 1.82) is 0 Å². The molecule has 0 spiro atoms. The molecule has 0 aliphatic carbocycles. The van der Waals surface area contributed by atoms with Crippen molar-refractivity contribution in [2.45, 2.75) is 12.8 Å². The van der Waals surface area contributed by atoms with E-state index < -0.39 is 0 Å². The van der Waals surface area contributed by atoms with Crippen LogP contribution in [0.3, 0.4) is 0 Å². The molecule has 3 N–H and O–H groups in total. The van der Waals surface area contributed by atoms with Crippen LogP contribution < -0.4 is 11.1 Å². The zero-order valence-corrected chi connectivity index (χ0v) is 7.38. The molecule has 0 unspecified atom stereocenters. The number of nitrogens with one attached hydrogen (secondary N) is 1. The van der Waals surface area contributed by atoms with Gasteiger partial charge in [-0.2, -0.15) is 0 Å². The van der Waals surface area contributed by atoms with E-state index in [1.807, 2.05) is 4.90 Å². The van der Waals surface area contributed by atoms with E-state index in [0.29, 0.717) is 13.1 Å². The first-order valence-electron chi connectivity index (χ1n) is 4.53. The molecule has 1 heterocycles. The van der Waals surface area contributed by atoms with Gasteiger partial charge in [0.05, 0.1) is 6.54 Å². The van der Waals surface area contributed by atoms with Crippen LogP contribution in [0.2, 0.25) is 0 Å². The molecule has 0 atom stereocenters. The number of amides is 1. The summed E-state index contributed by atoms with van der Waals surface area (Å²) in [6, 6.07) is 0. The number of hydrogen-bond donors (Lipinski definition) is 2. The lowest BCUT2D eigenvalue weighted by Gasteiger charge is -2.19. The monoisotopic (exact) mass is 171 g/mol. The smallest absolute Gasteiger partial charge is 0.236 e. The predicted molar refractivity (Wildman–Crippen MR) is 47.7 cm³/mol. The van der Waals surface area contributed by atoms with E-state index in [2.05, 4.69) is 5.32 Å². The molecule has 0 aromatic carbocycles. The van der Waals surface area contributed by atoms with Gasteiger partial charge in [-0.1, -0.05) is 0 Å². The Morgan fingerprint density at radius 2 is 2.42 bits per heavy atom. The number of hydrogen-bond acceptors (Lipinski definition) is 3. The summed E-state index contributed by atoms with van der Waals surface area (Å²) in [4.78, 5) is 13.2. The Kier molecular flexibility index (Phi) is 4.04. The van der Waals surface area contributed by atoms with E-state index in [0.717, 1.165) is 32.5 Å². The molecule has 0 bridgehead atoms. The maximum absolute atomic E-state index is 11.3. The summed E-state index contributed by atoms with van der Waals surface area (Å²) >= 11 is 0. The number of carbonyl (C=O) groups excluding carboxylic acids is 1. The van der Waals surface area contributed by atoms with Gasteiger partial charge in [-0.3, -0.25) is 4.79 Å². The van der Waals surface area contributed by atoms with Crippen LogP contribution in [0.1, 0.15) is 12.8 Å². The fraction of sp³-hybridized carbons (Fsp3) is 0.875. The highest BCUT2D eigenvalue weighted by atomic mass is 16.2. The summed E-state index contributed by atoms with van der Waals surface area (Å²) in [7, 11) is 0. The van der Waals surface area contributed by atoms with Gasteiger partial charge >= 0.3 is 0 Å². The molecule has 1 fully saturated rings. The third-order valence-corrected chi connectivity index (χ3v) is 2.04. The highest BCUT2D eigenvalue weighted by Gasteiger charge is 2.14. The van der Waals surface area contributed by atoms with Gasteiger partial charge in [0.25, 0.3) is 0 Å². The maximum Gasteiger partial charge on any atom is 0.236 e. The van der Waals surface area contributed by atoms with Crippen LogP contribution in [0.15, 0.2) is 0 Å². The van der Waals surface area contributed by atoms with Crippen LogP contribution in [-0.2, 0) is 4.79 Å². The quantitative estimate of drug-likeness (QED) is 0.582. The number of nitrogens with two attached hydrogens (primary N) is 1. The minimum atomic E-state index is 0.209. The van der Waals surface area contributed by atoms with Crippen molar-refractivity contribution in [3.8, 4) is 0 Å². The molecule has 0 aromatic rings. The van der Waals surface area contributed by atoms with Crippen molar-refractivity contribution in [3.05, 3.63) is 0 Å². The fourth-order valence-corrected chi connectivity index (χ4v) is 1.35. The summed E-state index contributed by atoms with van der Waals surface area (Å²) in [6.07, 6.45) is 1.96. The molecule has 0 saturated carbocycles. The summed E-state index contributed by atoms with van der Waals surface area (Å²) in [5.41, 5.74) is 5.38. The van der Waals surface area contributed by atoms with Gasteiger partial charge in [-0.25, -0.2) is 0 Å². The van der Waals surface area contributed by atoms with Crippen molar-refractivity contribution in [3.63, 3.8) is 0 Å². The molecule has 0 aromatic heterocycles. The second-order valence-electron chi connectivity index (χ2n) is 3.05. The Hall–Kier alpha value is -0.610. The summed E-state index contributed by atoms with van der Waals surface area (Å²) < 4.78 is 0. The standard InChI is InChI=1S/C8H17N3O/c9-3-1-5-11-6-2-4-10-7-8(11)12/h10H,1-7,9H2. The second kappa shape index (κ2) is 5.11. The van der Waals surface area contributed by atoms with Crippen LogP contribution >= 0.6 is 0 Å². The SMILES string of the molecule is NCCCN1CCCNCC1=O. The number of carbonyl (C=O) groups is 1. The van der Waals surface area contributed by atoms with Gasteiger partial charge in [0.2, 0.25) is 5.91 Å². The van der Waals surface area contributed by atoms with Crippen molar-refractivity contribution in [2.24, 2.45) is 5.73 Å². The first-order chi connectivity index (χ1) is 5.84. The zero-order chi connectivity index (χ0) is 8.81. The Morgan fingerprint density at radius 1 is 1.58 bits per heavy atom. The van der Waals surface area contributed by atoms with Crippen LogP contribution in [0.25, 0.3) is 0 Å². The molecule has 1 amide bonds. The highest BCUT2D eigenvalue weighted by Crippen LogP contribution is 1.97. The minimum absolute atomic E-state index is 0.209. The molecule has 0 radical (unpaired) electrons. The normalized spacial score (nSPS) is 19.4. The molecule has 1 saturated heterocycles. The zero-order valence-electron chi connectivity index (χ0n) is 7.38. The topological polar surface area (TPSA) is 58.4 Å². The summed E-state index contributed by atoms with van der Waals surface area (Å²) in [5, 5.41) is 3.08. The molecule has 1 rings (SSSR count). The van der Waals surface area contributed by atoms with Crippen LogP contribution in [0.4, 0.5) is 0 Å². The Bertz CT molecular complexity index is 149. The Labute approximate surface area is 73.1 Å². The molecular formula is C8H17N3O. The van der Waals surface area contributed by atoms with Gasteiger partial charge < -0.3 is 16.0 Å². The van der Waals surface area contributed by atoms with Crippen molar-refractivity contribution in [2.75, 3.05) is 32.7 Å². The number of nitrogens with zero attached hydrogens (tertiary/aromatic N) is 1. The van der Waals surface area contributed by atoms with E-state index in [4.69, 9.17) is 5.73 Å². The van der Waals surface area contributed by atoms with Crippen LogP contribution in [-0.4, -0.2) is 43.5 Å². The predicted octanol–water partition coefficient (Wildman–Crippen LogP) is -0.843. The molecule has 70 valence electrons. The van der Waals surface area contributed by atoms with E-state index >= 15 is 0 Å². The second-order valence-corrected chi connectivity index (χ2v) is 3.05. The fourth-order valence-electron chi connectivity index (χ4n) is 1.35. The van der Waals surface area contributed by atoms with Crippen LogP contribution in [0.5, 0.6) is 0 Å². The maximum atomic E-state index is 11.3. The molecule has 4 nitrogen and oxygen atoms in total. The average Bonchev–Trinajstić information content (AvgIpc) is 2.27. The van der Waals surface area contributed by atoms with Gasteiger partial charge in [0, 0.05) is 13.1 Å². The van der Waals surface area contributed by atoms with Crippen molar-refractivity contribution >= 4 is 5.91 Å². The third-order valence-electron chi connectivity index (χ3n) is 2.04. The Balaban J connectivity index is 2.31. The molecule has 12 heavy (non-hydrogen) atoms. The van der Waals surface area contributed by atoms with E-state index in [1.54, 1.807) is 0 Å². The lowest BCUT2D eigenvalue weighted by Crippen LogP contribution is -2.36. The van der Waals surface area contributed by atoms with E-state index in [1.165, 1.54) is 0 Å². The highest BCUT2D eigenvalue weighted by molar-refractivity contribution is 5.78. The first kappa shape index (κ1) is 9.48. The van der Waals surface area contributed by atoms with E-state index in [-0.39, 0.29) is 5.91 Å². The molecule has 1 aliphatic rings. The van der Waals surface area contributed by atoms with E-state index in [9.17, 15) is 4.79 Å². The van der Waals surface area contributed by atoms with Crippen molar-refractivity contribution < 1.29 is 4.79 Å². The molecule has 4 heteroatoms. The van der Waals surface area contributed by atoms with Gasteiger partial charge in [-0.05, 0) is 25.9 Å². The number of rotatable bonds is 3. The largest absolute Gasteiger partial charge is 0.341 e. The minimum Gasteiger partial charge on any atom is -0.341 e. The Morgan fingerprint density at radius 3 is 3.17 bits per heavy atom. The summed E-state index contributed by atoms with van der Waals surface area (Å²) in [5.74, 6) is 0.209. The van der Waals surface area contributed by atoms with Gasteiger partial charge in [0.1, 0.15) is 0 Å². The average molecular weight is 171 g/mol. The van der Waals surface area contributed by atoms with Gasteiger partial charge in [-0.15, -0.1) is 0 Å². The lowest BCUT2D eigenvalue weighted by molar-refractivity contribution is -0.129. The molecular weight excluding hydrogens is 154 g/mol. The summed E-state index contributed by atoms with van der Waals surface area (Å²) in [6.45, 7) is 3.80.